The van der Waals surface area contributed by atoms with Crippen LogP contribution >= 0.6 is 0 Å². The van der Waals surface area contributed by atoms with Crippen molar-refractivity contribution in [3.8, 4) is 11.1 Å². The van der Waals surface area contributed by atoms with Crippen molar-refractivity contribution in [1.29, 1.82) is 0 Å². The molecule has 30 heavy (non-hydrogen) atoms. The molecule has 3 N–H and O–H groups in total. The molecule has 0 spiro atoms. The minimum absolute atomic E-state index is 0.0556. The number of hydrogen-bond acceptors (Lipinski definition) is 5. The Morgan fingerprint density at radius 2 is 2.03 bits per heavy atom. The van der Waals surface area contributed by atoms with Gasteiger partial charge in [0.2, 0.25) is 0 Å². The van der Waals surface area contributed by atoms with Gasteiger partial charge in [0.25, 0.3) is 0 Å². The van der Waals surface area contributed by atoms with E-state index in [1.807, 2.05) is 33.0 Å². The molecule has 0 aliphatic carbocycles. The van der Waals surface area contributed by atoms with E-state index in [0.29, 0.717) is 13.2 Å². The summed E-state index contributed by atoms with van der Waals surface area (Å²) in [4.78, 5) is 21.3. The Labute approximate surface area is 174 Å². The molecule has 0 radical (unpaired) electrons. The van der Waals surface area contributed by atoms with E-state index in [-0.39, 0.29) is 11.7 Å². The molecule has 3 aromatic rings. The van der Waals surface area contributed by atoms with E-state index in [1.165, 1.54) is 6.07 Å². The number of carbonyl (C=O) groups is 1. The van der Waals surface area contributed by atoms with Crippen LogP contribution in [0.1, 0.15) is 17.7 Å². The molecule has 1 aliphatic rings. The molecule has 0 saturated carbocycles. The van der Waals surface area contributed by atoms with Crippen molar-refractivity contribution >= 4 is 28.4 Å². The van der Waals surface area contributed by atoms with Crippen molar-refractivity contribution in [2.24, 2.45) is 0 Å². The third kappa shape index (κ3) is 4.04. The van der Waals surface area contributed by atoms with E-state index in [1.54, 1.807) is 12.3 Å². The highest BCUT2D eigenvalue weighted by molar-refractivity contribution is 5.92. The number of benzene rings is 1. The second-order valence-electron chi connectivity index (χ2n) is 7.44. The number of fused-ring (bicyclic) bond motifs is 1. The quantitative estimate of drug-likeness (QED) is 0.606. The fourth-order valence-corrected chi connectivity index (χ4v) is 3.62. The topological polar surface area (TPSA) is 88.2 Å². The second-order valence-corrected chi connectivity index (χ2v) is 7.44. The van der Waals surface area contributed by atoms with E-state index < -0.39 is 11.8 Å². The Hall–Kier alpha value is -3.26. The summed E-state index contributed by atoms with van der Waals surface area (Å²) in [6.07, 6.45) is 2.51. The molecule has 1 aliphatic heterocycles. The normalized spacial score (nSPS) is 15.9. The maximum Gasteiger partial charge on any atom is 0.319 e. The van der Waals surface area contributed by atoms with Crippen LogP contribution < -0.4 is 16.0 Å². The van der Waals surface area contributed by atoms with Gasteiger partial charge in [-0.05, 0) is 49.6 Å². The minimum Gasteiger partial charge on any atom is -0.379 e. The Morgan fingerprint density at radius 3 is 2.77 bits per heavy atom. The van der Waals surface area contributed by atoms with Crippen LogP contribution in [-0.4, -0.2) is 42.3 Å². The Kier molecular flexibility index (Phi) is 5.50. The van der Waals surface area contributed by atoms with Gasteiger partial charge in [0.05, 0.1) is 23.9 Å². The zero-order valence-electron chi connectivity index (χ0n) is 17.2. The summed E-state index contributed by atoms with van der Waals surface area (Å²) < 4.78 is 19.8. The third-order valence-electron chi connectivity index (χ3n) is 5.26. The van der Waals surface area contributed by atoms with Crippen molar-refractivity contribution in [3.63, 3.8) is 0 Å². The van der Waals surface area contributed by atoms with Crippen LogP contribution in [0.15, 0.2) is 30.5 Å². The first-order chi connectivity index (χ1) is 14.4. The van der Waals surface area contributed by atoms with E-state index in [9.17, 15) is 9.18 Å². The van der Waals surface area contributed by atoms with Crippen molar-refractivity contribution in [3.05, 3.63) is 47.5 Å². The largest absolute Gasteiger partial charge is 0.379 e. The SMILES string of the molecule is CNc1cc2nc(C)c(-c3cc(NC(=O)NC4CCOC4)c(F)cc3C)cc2cn1. The van der Waals surface area contributed by atoms with Gasteiger partial charge in [-0.25, -0.2) is 14.2 Å². The summed E-state index contributed by atoms with van der Waals surface area (Å²) in [5, 5.41) is 9.32. The molecule has 2 amide bonds. The number of hydrogen-bond donors (Lipinski definition) is 3. The molecule has 2 aromatic heterocycles. The molecule has 3 heterocycles. The van der Waals surface area contributed by atoms with E-state index >= 15 is 0 Å². The Bertz CT molecular complexity index is 1110. The molecule has 1 unspecified atom stereocenters. The monoisotopic (exact) mass is 409 g/mol. The Morgan fingerprint density at radius 1 is 1.20 bits per heavy atom. The van der Waals surface area contributed by atoms with E-state index in [0.717, 1.165) is 45.5 Å². The van der Waals surface area contributed by atoms with Crippen LogP contribution in [0.4, 0.5) is 20.7 Å². The van der Waals surface area contributed by atoms with Crippen molar-refractivity contribution in [1.82, 2.24) is 15.3 Å². The molecule has 4 rings (SSSR count). The highest BCUT2D eigenvalue weighted by Crippen LogP contribution is 2.32. The fourth-order valence-electron chi connectivity index (χ4n) is 3.62. The number of anilines is 2. The Balaban J connectivity index is 1.67. The number of urea groups is 1. The molecule has 8 heteroatoms. The number of aryl methyl sites for hydroxylation is 2. The lowest BCUT2D eigenvalue weighted by Gasteiger charge is -2.16. The summed E-state index contributed by atoms with van der Waals surface area (Å²) in [6, 6.07) is 6.45. The number of rotatable bonds is 4. The predicted molar refractivity (Wildman–Crippen MR) is 115 cm³/mol. The molecule has 1 aromatic carbocycles. The number of pyridine rings is 2. The lowest BCUT2D eigenvalue weighted by atomic mass is 9.97. The summed E-state index contributed by atoms with van der Waals surface area (Å²) >= 11 is 0. The third-order valence-corrected chi connectivity index (χ3v) is 5.26. The van der Waals surface area contributed by atoms with Gasteiger partial charge < -0.3 is 20.7 Å². The number of halogens is 1. The predicted octanol–water partition coefficient (Wildman–Crippen LogP) is 4.00. The zero-order valence-corrected chi connectivity index (χ0v) is 17.2. The summed E-state index contributed by atoms with van der Waals surface area (Å²) in [6.45, 7) is 4.84. The number of amides is 2. The van der Waals surface area contributed by atoms with Gasteiger partial charge in [-0.3, -0.25) is 4.98 Å². The number of carbonyl (C=O) groups excluding carboxylic acids is 1. The molecule has 0 bridgehead atoms. The van der Waals surface area contributed by atoms with Crippen LogP contribution in [-0.2, 0) is 4.74 Å². The molecule has 1 fully saturated rings. The molecule has 1 atom stereocenters. The molecule has 7 nitrogen and oxygen atoms in total. The smallest absolute Gasteiger partial charge is 0.319 e. The summed E-state index contributed by atoms with van der Waals surface area (Å²) in [5.74, 6) is 0.256. The highest BCUT2D eigenvalue weighted by atomic mass is 19.1. The minimum atomic E-state index is -0.485. The zero-order chi connectivity index (χ0) is 21.3. The van der Waals surface area contributed by atoms with Crippen LogP contribution in [0.2, 0.25) is 0 Å². The lowest BCUT2D eigenvalue weighted by molar-refractivity contribution is 0.189. The van der Waals surface area contributed by atoms with Gasteiger partial charge in [-0.1, -0.05) is 0 Å². The van der Waals surface area contributed by atoms with E-state index in [4.69, 9.17) is 9.72 Å². The van der Waals surface area contributed by atoms with Crippen molar-refractivity contribution in [2.75, 3.05) is 30.9 Å². The first-order valence-electron chi connectivity index (χ1n) is 9.85. The van der Waals surface area contributed by atoms with Gasteiger partial charge in [0, 0.05) is 42.6 Å². The maximum atomic E-state index is 14.6. The summed E-state index contributed by atoms with van der Waals surface area (Å²) in [5.41, 5.74) is 4.19. The maximum absolute atomic E-state index is 14.6. The van der Waals surface area contributed by atoms with E-state index in [2.05, 4.69) is 20.9 Å². The number of ether oxygens (including phenoxy) is 1. The number of aromatic nitrogens is 2. The fraction of sp³-hybridized carbons (Fsp3) is 0.318. The molecular formula is C22H24FN5O2. The van der Waals surface area contributed by atoms with Gasteiger partial charge in [-0.15, -0.1) is 0 Å². The molecule has 156 valence electrons. The lowest BCUT2D eigenvalue weighted by Crippen LogP contribution is -2.38. The van der Waals surface area contributed by atoms with Gasteiger partial charge in [0.1, 0.15) is 11.6 Å². The highest BCUT2D eigenvalue weighted by Gasteiger charge is 2.19. The number of nitrogens with one attached hydrogen (secondary N) is 3. The standard InChI is InChI=1S/C22H24FN5O2/c1-12-6-18(23)20(28-22(29)27-15-4-5-30-11-15)8-16(12)17-7-14-10-25-21(24-3)9-19(14)26-13(17)2/h6-10,15H,4-5,11H2,1-3H3,(H,24,25)(H2,27,28,29). The molecule has 1 saturated heterocycles. The molecular weight excluding hydrogens is 385 g/mol. The van der Waals surface area contributed by atoms with Crippen LogP contribution in [0.3, 0.4) is 0 Å². The van der Waals surface area contributed by atoms with Crippen LogP contribution in [0.5, 0.6) is 0 Å². The van der Waals surface area contributed by atoms with Gasteiger partial charge in [-0.2, -0.15) is 0 Å². The number of nitrogens with zero attached hydrogens (tertiary/aromatic N) is 2. The first kappa shape index (κ1) is 20.0. The summed E-state index contributed by atoms with van der Waals surface area (Å²) in [7, 11) is 1.81. The average molecular weight is 409 g/mol. The first-order valence-corrected chi connectivity index (χ1v) is 9.85. The van der Waals surface area contributed by atoms with Gasteiger partial charge >= 0.3 is 6.03 Å². The van der Waals surface area contributed by atoms with Crippen LogP contribution in [0.25, 0.3) is 22.0 Å². The average Bonchev–Trinajstić information content (AvgIpc) is 3.22. The van der Waals surface area contributed by atoms with Crippen molar-refractivity contribution in [2.45, 2.75) is 26.3 Å². The van der Waals surface area contributed by atoms with Crippen molar-refractivity contribution < 1.29 is 13.9 Å². The van der Waals surface area contributed by atoms with Gasteiger partial charge in [0.15, 0.2) is 0 Å². The van der Waals surface area contributed by atoms with Crippen LogP contribution in [0, 0.1) is 19.7 Å². The second kappa shape index (κ2) is 8.23.